The fraction of sp³-hybridized carbons (Fsp3) is 0.250. The van der Waals surface area contributed by atoms with Crippen molar-refractivity contribution in [3.63, 3.8) is 0 Å². The second kappa shape index (κ2) is 6.72. The average Bonchev–Trinajstić information content (AvgIpc) is 3.13. The third-order valence-corrected chi connectivity index (χ3v) is 4.23. The van der Waals surface area contributed by atoms with Gasteiger partial charge in [0.05, 0.1) is 15.2 Å². The van der Waals surface area contributed by atoms with Crippen molar-refractivity contribution in [2.75, 3.05) is 13.7 Å². The van der Waals surface area contributed by atoms with Gasteiger partial charge in [0.1, 0.15) is 12.4 Å². The number of rotatable bonds is 6. The summed E-state index contributed by atoms with van der Waals surface area (Å²) in [7, 11) is 1.58. The van der Waals surface area contributed by atoms with Gasteiger partial charge in [0, 0.05) is 20.1 Å². The standard InChI is InChI=1S/C16H16N2O3S/c1-20-10-11-6-7-13(21-11)16(19)17-9-8-15-18-12-4-2-3-5-14(12)22-15/h2-7H,8-10H2,1H3,(H,17,19). The number of para-hydroxylation sites is 1. The van der Waals surface area contributed by atoms with E-state index in [1.807, 2.05) is 18.2 Å². The number of carbonyl (C=O) groups is 1. The van der Waals surface area contributed by atoms with Gasteiger partial charge < -0.3 is 14.5 Å². The molecule has 2 heterocycles. The highest BCUT2D eigenvalue weighted by Crippen LogP contribution is 2.21. The molecular formula is C16H16N2O3S. The number of aromatic nitrogens is 1. The van der Waals surface area contributed by atoms with E-state index in [0.29, 0.717) is 31.1 Å². The summed E-state index contributed by atoms with van der Waals surface area (Å²) in [6.07, 6.45) is 0.705. The lowest BCUT2D eigenvalue weighted by molar-refractivity contribution is 0.0917. The molecule has 0 aliphatic rings. The number of nitrogens with zero attached hydrogens (tertiary/aromatic N) is 1. The summed E-state index contributed by atoms with van der Waals surface area (Å²) in [5.74, 6) is 0.721. The van der Waals surface area contributed by atoms with Crippen LogP contribution in [0.25, 0.3) is 10.2 Å². The van der Waals surface area contributed by atoms with Gasteiger partial charge in [-0.25, -0.2) is 4.98 Å². The van der Waals surface area contributed by atoms with Gasteiger partial charge in [-0.05, 0) is 24.3 Å². The van der Waals surface area contributed by atoms with Gasteiger partial charge >= 0.3 is 0 Å². The normalized spacial score (nSPS) is 11.0. The molecule has 3 rings (SSSR count). The Labute approximate surface area is 131 Å². The predicted octanol–water partition coefficient (Wildman–Crippen LogP) is 3.01. The van der Waals surface area contributed by atoms with Crippen molar-refractivity contribution in [1.29, 1.82) is 0 Å². The van der Waals surface area contributed by atoms with E-state index < -0.39 is 0 Å². The zero-order valence-electron chi connectivity index (χ0n) is 12.2. The van der Waals surface area contributed by atoms with Crippen LogP contribution in [0.1, 0.15) is 21.3 Å². The topological polar surface area (TPSA) is 64.4 Å². The number of amides is 1. The van der Waals surface area contributed by atoms with E-state index in [2.05, 4.69) is 16.4 Å². The van der Waals surface area contributed by atoms with Gasteiger partial charge in [-0.3, -0.25) is 4.79 Å². The molecule has 0 saturated heterocycles. The van der Waals surface area contributed by atoms with Crippen molar-refractivity contribution in [3.8, 4) is 0 Å². The molecule has 0 bridgehead atoms. The van der Waals surface area contributed by atoms with E-state index in [-0.39, 0.29) is 5.91 Å². The van der Waals surface area contributed by atoms with Crippen molar-refractivity contribution in [3.05, 3.63) is 52.9 Å². The largest absolute Gasteiger partial charge is 0.453 e. The summed E-state index contributed by atoms with van der Waals surface area (Å²) in [5.41, 5.74) is 1.00. The first-order chi connectivity index (χ1) is 10.8. The molecule has 0 unspecified atom stereocenters. The summed E-state index contributed by atoms with van der Waals surface area (Å²) in [4.78, 5) is 16.5. The molecule has 1 amide bonds. The lowest BCUT2D eigenvalue weighted by Gasteiger charge is -2.01. The molecule has 0 saturated carbocycles. The van der Waals surface area contributed by atoms with Crippen LogP contribution in [0.4, 0.5) is 0 Å². The van der Waals surface area contributed by atoms with Gasteiger partial charge in [-0.15, -0.1) is 11.3 Å². The lowest BCUT2D eigenvalue weighted by Crippen LogP contribution is -2.25. The molecule has 6 heteroatoms. The maximum Gasteiger partial charge on any atom is 0.287 e. The summed E-state index contributed by atoms with van der Waals surface area (Å²) in [6.45, 7) is 0.887. The number of furan rings is 1. The number of hydrogen-bond donors (Lipinski definition) is 1. The quantitative estimate of drug-likeness (QED) is 0.759. The minimum atomic E-state index is -0.219. The number of fused-ring (bicyclic) bond motifs is 1. The van der Waals surface area contributed by atoms with E-state index in [1.54, 1.807) is 30.6 Å². The van der Waals surface area contributed by atoms with E-state index in [0.717, 1.165) is 10.5 Å². The second-order valence-electron chi connectivity index (χ2n) is 4.78. The van der Waals surface area contributed by atoms with Crippen LogP contribution in [-0.2, 0) is 17.8 Å². The maximum atomic E-state index is 12.0. The Balaban J connectivity index is 1.54. The third kappa shape index (κ3) is 3.35. The Hall–Kier alpha value is -2.18. The molecule has 1 N–H and O–H groups in total. The van der Waals surface area contributed by atoms with E-state index in [9.17, 15) is 4.79 Å². The van der Waals surface area contributed by atoms with Crippen LogP contribution in [-0.4, -0.2) is 24.5 Å². The van der Waals surface area contributed by atoms with Crippen molar-refractivity contribution in [2.24, 2.45) is 0 Å². The molecule has 0 aliphatic carbocycles. The van der Waals surface area contributed by atoms with Gasteiger partial charge in [-0.1, -0.05) is 12.1 Å². The van der Waals surface area contributed by atoms with Crippen LogP contribution in [0.2, 0.25) is 0 Å². The van der Waals surface area contributed by atoms with Crippen LogP contribution in [0, 0.1) is 0 Å². The Bertz CT molecular complexity index is 745. The van der Waals surface area contributed by atoms with Crippen LogP contribution in [0.15, 0.2) is 40.8 Å². The lowest BCUT2D eigenvalue weighted by atomic mass is 10.3. The fourth-order valence-electron chi connectivity index (χ4n) is 2.12. The average molecular weight is 316 g/mol. The number of carbonyl (C=O) groups excluding carboxylic acids is 1. The molecule has 1 aromatic carbocycles. The fourth-order valence-corrected chi connectivity index (χ4v) is 3.08. The molecule has 5 nitrogen and oxygen atoms in total. The Morgan fingerprint density at radius 1 is 1.32 bits per heavy atom. The third-order valence-electron chi connectivity index (χ3n) is 3.13. The first kappa shape index (κ1) is 14.7. The van der Waals surface area contributed by atoms with Gasteiger partial charge in [-0.2, -0.15) is 0 Å². The summed E-state index contributed by atoms with van der Waals surface area (Å²) in [6, 6.07) is 11.4. The number of thiazole rings is 1. The van der Waals surface area contributed by atoms with Gasteiger partial charge in [0.15, 0.2) is 5.76 Å². The zero-order valence-corrected chi connectivity index (χ0v) is 13.0. The number of nitrogens with one attached hydrogen (secondary N) is 1. The molecule has 2 aromatic heterocycles. The molecule has 114 valence electrons. The highest BCUT2D eigenvalue weighted by atomic mass is 32.1. The Morgan fingerprint density at radius 3 is 3.00 bits per heavy atom. The number of benzene rings is 1. The van der Waals surface area contributed by atoms with Crippen molar-refractivity contribution in [2.45, 2.75) is 13.0 Å². The smallest absolute Gasteiger partial charge is 0.287 e. The summed E-state index contributed by atoms with van der Waals surface area (Å²) in [5, 5.41) is 3.86. The van der Waals surface area contributed by atoms with Gasteiger partial charge in [0.2, 0.25) is 0 Å². The predicted molar refractivity (Wildman–Crippen MR) is 85.1 cm³/mol. The molecule has 0 aliphatic heterocycles. The molecule has 3 aromatic rings. The minimum Gasteiger partial charge on any atom is -0.453 e. The molecule has 0 radical (unpaired) electrons. The van der Waals surface area contributed by atoms with Crippen molar-refractivity contribution in [1.82, 2.24) is 10.3 Å². The van der Waals surface area contributed by atoms with Crippen molar-refractivity contribution >= 4 is 27.5 Å². The van der Waals surface area contributed by atoms with E-state index in [4.69, 9.17) is 9.15 Å². The highest BCUT2D eigenvalue weighted by molar-refractivity contribution is 7.18. The summed E-state index contributed by atoms with van der Waals surface area (Å²) >= 11 is 1.65. The monoisotopic (exact) mass is 316 g/mol. The molecule has 0 fully saturated rings. The second-order valence-corrected chi connectivity index (χ2v) is 5.90. The minimum absolute atomic E-state index is 0.219. The van der Waals surface area contributed by atoms with Crippen LogP contribution in [0.3, 0.4) is 0 Å². The van der Waals surface area contributed by atoms with E-state index >= 15 is 0 Å². The highest BCUT2D eigenvalue weighted by Gasteiger charge is 2.11. The first-order valence-electron chi connectivity index (χ1n) is 6.96. The Morgan fingerprint density at radius 2 is 2.18 bits per heavy atom. The van der Waals surface area contributed by atoms with Crippen LogP contribution in [0.5, 0.6) is 0 Å². The number of hydrogen-bond acceptors (Lipinski definition) is 5. The number of methoxy groups -OCH3 is 1. The molecule has 0 spiro atoms. The summed E-state index contributed by atoms with van der Waals surface area (Å²) < 4.78 is 11.5. The zero-order chi connectivity index (χ0) is 15.4. The Kier molecular flexibility index (Phi) is 4.50. The van der Waals surface area contributed by atoms with Crippen molar-refractivity contribution < 1.29 is 13.9 Å². The molecule has 0 atom stereocenters. The molecular weight excluding hydrogens is 300 g/mol. The SMILES string of the molecule is COCc1ccc(C(=O)NCCc2nc3ccccc3s2)o1. The molecule has 22 heavy (non-hydrogen) atoms. The van der Waals surface area contributed by atoms with Gasteiger partial charge in [0.25, 0.3) is 5.91 Å². The maximum absolute atomic E-state index is 12.0. The van der Waals surface area contributed by atoms with Crippen LogP contribution < -0.4 is 5.32 Å². The first-order valence-corrected chi connectivity index (χ1v) is 7.78. The number of ether oxygens (including phenoxy) is 1. The van der Waals surface area contributed by atoms with Crippen LogP contribution >= 0.6 is 11.3 Å². The van der Waals surface area contributed by atoms with E-state index in [1.165, 1.54) is 4.70 Å².